The maximum Gasteiger partial charge on any atom is 0.193 e. The third-order valence-electron chi connectivity index (χ3n) is 6.01. The Labute approximate surface area is 178 Å². The highest BCUT2D eigenvalue weighted by atomic mass is 127. The molecule has 2 fully saturated rings. The molecule has 2 unspecified atom stereocenters. The van der Waals surface area contributed by atoms with Crippen LogP contribution in [0, 0.1) is 12.8 Å². The molecular weight excluding hydrogens is 457 g/mol. The number of morpholine rings is 1. The van der Waals surface area contributed by atoms with E-state index in [0.717, 1.165) is 76.5 Å². The van der Waals surface area contributed by atoms with E-state index in [1.165, 1.54) is 12.8 Å². The van der Waals surface area contributed by atoms with Gasteiger partial charge in [0.25, 0.3) is 0 Å². The van der Waals surface area contributed by atoms with E-state index in [4.69, 9.17) is 4.74 Å². The van der Waals surface area contributed by atoms with Gasteiger partial charge in [-0.15, -0.1) is 34.2 Å². The van der Waals surface area contributed by atoms with Crippen LogP contribution in [0.15, 0.2) is 4.99 Å². The molecule has 0 saturated carbocycles. The quantitative estimate of drug-likeness (QED) is 0.384. The standard InChI is InChI=1S/C18H31N7O.HI/c1-14-21-22-17-4-3-15(12-25(14)17)11-20-18(19-2)24-6-5-16(13-24)23-7-9-26-10-8-23;/h15-16H,3-13H2,1-2H3,(H,19,20);1H. The SMILES string of the molecule is CN=C(NCC1CCc2nnc(C)n2C1)N1CCC(N2CCOCC2)C1.I. The zero-order valence-electron chi connectivity index (χ0n) is 16.4. The normalized spacial score (nSPS) is 26.6. The number of hydrogen-bond acceptors (Lipinski definition) is 5. The third-order valence-corrected chi connectivity index (χ3v) is 6.01. The van der Waals surface area contributed by atoms with Gasteiger partial charge in [0, 0.05) is 58.8 Å². The van der Waals surface area contributed by atoms with Crippen molar-refractivity contribution in [3.05, 3.63) is 11.6 Å². The Bertz CT molecular complexity index is 644. The van der Waals surface area contributed by atoms with E-state index in [1.54, 1.807) is 0 Å². The van der Waals surface area contributed by atoms with Gasteiger partial charge in [0.15, 0.2) is 5.96 Å². The van der Waals surface area contributed by atoms with Crippen molar-refractivity contribution < 1.29 is 4.74 Å². The van der Waals surface area contributed by atoms with Gasteiger partial charge in [-0.3, -0.25) is 9.89 Å². The van der Waals surface area contributed by atoms with Gasteiger partial charge in [0.2, 0.25) is 0 Å². The second-order valence-corrected chi connectivity index (χ2v) is 7.64. The highest BCUT2D eigenvalue weighted by molar-refractivity contribution is 14.0. The number of halogens is 1. The van der Waals surface area contributed by atoms with Gasteiger partial charge in [-0.25, -0.2) is 0 Å². The first kappa shape index (κ1) is 20.8. The molecule has 0 spiro atoms. The fourth-order valence-corrected chi connectivity index (χ4v) is 4.44. The summed E-state index contributed by atoms with van der Waals surface area (Å²) in [5.41, 5.74) is 0. The fourth-order valence-electron chi connectivity index (χ4n) is 4.44. The number of ether oxygens (including phenoxy) is 1. The van der Waals surface area contributed by atoms with E-state index in [0.29, 0.717) is 12.0 Å². The maximum atomic E-state index is 5.49. The molecule has 9 heteroatoms. The van der Waals surface area contributed by atoms with Crippen LogP contribution in [-0.4, -0.2) is 89.6 Å². The molecular formula is C18H32IN7O. The Morgan fingerprint density at radius 1 is 1.19 bits per heavy atom. The van der Waals surface area contributed by atoms with Crippen LogP contribution in [0.3, 0.4) is 0 Å². The molecule has 0 bridgehead atoms. The Hall–Kier alpha value is -0.940. The van der Waals surface area contributed by atoms with Crippen molar-refractivity contribution in [3.8, 4) is 0 Å². The highest BCUT2D eigenvalue weighted by Gasteiger charge is 2.30. The Morgan fingerprint density at radius 3 is 2.78 bits per heavy atom. The van der Waals surface area contributed by atoms with Crippen LogP contribution in [0.1, 0.15) is 24.5 Å². The van der Waals surface area contributed by atoms with Crippen LogP contribution in [0.5, 0.6) is 0 Å². The van der Waals surface area contributed by atoms with Gasteiger partial charge in [-0.2, -0.15) is 0 Å². The van der Waals surface area contributed by atoms with E-state index in [-0.39, 0.29) is 24.0 Å². The number of aliphatic imine (C=N–C) groups is 1. The van der Waals surface area contributed by atoms with Crippen LogP contribution in [-0.2, 0) is 17.7 Å². The van der Waals surface area contributed by atoms with E-state index in [2.05, 4.69) is 34.9 Å². The molecule has 4 heterocycles. The van der Waals surface area contributed by atoms with Crippen LogP contribution in [0.25, 0.3) is 0 Å². The smallest absolute Gasteiger partial charge is 0.193 e. The molecule has 152 valence electrons. The summed E-state index contributed by atoms with van der Waals surface area (Å²) in [5, 5.41) is 12.1. The summed E-state index contributed by atoms with van der Waals surface area (Å²) < 4.78 is 7.75. The zero-order valence-corrected chi connectivity index (χ0v) is 18.8. The first-order chi connectivity index (χ1) is 12.7. The van der Waals surface area contributed by atoms with E-state index in [9.17, 15) is 0 Å². The molecule has 2 saturated heterocycles. The lowest BCUT2D eigenvalue weighted by Gasteiger charge is -2.32. The first-order valence-electron chi connectivity index (χ1n) is 9.90. The van der Waals surface area contributed by atoms with Crippen molar-refractivity contribution >= 4 is 29.9 Å². The number of hydrogen-bond donors (Lipinski definition) is 1. The minimum Gasteiger partial charge on any atom is -0.379 e. The minimum absolute atomic E-state index is 0. The predicted octanol–water partition coefficient (Wildman–Crippen LogP) is 0.749. The summed E-state index contributed by atoms with van der Waals surface area (Å²) >= 11 is 0. The topological polar surface area (TPSA) is 70.8 Å². The molecule has 1 aromatic heterocycles. The Balaban J connectivity index is 0.00000210. The molecule has 0 radical (unpaired) electrons. The van der Waals surface area contributed by atoms with E-state index in [1.807, 2.05) is 14.0 Å². The molecule has 3 aliphatic rings. The van der Waals surface area contributed by atoms with Crippen LogP contribution < -0.4 is 5.32 Å². The summed E-state index contributed by atoms with van der Waals surface area (Å²) in [7, 11) is 1.90. The van der Waals surface area contributed by atoms with Crippen molar-refractivity contribution in [2.24, 2.45) is 10.9 Å². The van der Waals surface area contributed by atoms with Crippen molar-refractivity contribution in [3.63, 3.8) is 0 Å². The molecule has 2 atom stereocenters. The molecule has 1 N–H and O–H groups in total. The fraction of sp³-hybridized carbons (Fsp3) is 0.833. The van der Waals surface area contributed by atoms with Gasteiger partial charge in [-0.1, -0.05) is 0 Å². The average molecular weight is 489 g/mol. The minimum atomic E-state index is 0. The summed E-state index contributed by atoms with van der Waals surface area (Å²) in [6.07, 6.45) is 3.40. The lowest BCUT2D eigenvalue weighted by Crippen LogP contribution is -2.47. The number of likely N-dealkylation sites (tertiary alicyclic amines) is 1. The summed E-state index contributed by atoms with van der Waals surface area (Å²) in [4.78, 5) is 9.54. The third kappa shape index (κ3) is 4.73. The average Bonchev–Trinajstić information content (AvgIpc) is 3.31. The molecule has 0 amide bonds. The number of guanidine groups is 1. The summed E-state index contributed by atoms with van der Waals surface area (Å²) in [6, 6.07) is 0.634. The number of nitrogens with one attached hydrogen (secondary N) is 1. The highest BCUT2D eigenvalue weighted by Crippen LogP contribution is 2.20. The second-order valence-electron chi connectivity index (χ2n) is 7.64. The van der Waals surface area contributed by atoms with Gasteiger partial charge < -0.3 is 19.5 Å². The Morgan fingerprint density at radius 2 is 2.00 bits per heavy atom. The first-order valence-corrected chi connectivity index (χ1v) is 9.90. The van der Waals surface area contributed by atoms with Crippen molar-refractivity contribution in [1.82, 2.24) is 29.9 Å². The summed E-state index contributed by atoms with van der Waals surface area (Å²) in [5.74, 6) is 3.82. The number of aromatic nitrogens is 3. The maximum absolute atomic E-state index is 5.49. The van der Waals surface area contributed by atoms with Gasteiger partial charge >= 0.3 is 0 Å². The van der Waals surface area contributed by atoms with E-state index < -0.39 is 0 Å². The van der Waals surface area contributed by atoms with Crippen molar-refractivity contribution in [2.75, 3.05) is 53.0 Å². The van der Waals surface area contributed by atoms with Crippen LogP contribution >= 0.6 is 24.0 Å². The molecule has 27 heavy (non-hydrogen) atoms. The van der Waals surface area contributed by atoms with Crippen LogP contribution in [0.2, 0.25) is 0 Å². The second kappa shape index (κ2) is 9.51. The number of nitrogens with zero attached hydrogens (tertiary/aromatic N) is 6. The van der Waals surface area contributed by atoms with Crippen molar-refractivity contribution in [1.29, 1.82) is 0 Å². The zero-order chi connectivity index (χ0) is 17.9. The lowest BCUT2D eigenvalue weighted by molar-refractivity contribution is 0.0195. The molecule has 3 aliphatic heterocycles. The van der Waals surface area contributed by atoms with Gasteiger partial charge in [0.05, 0.1) is 13.2 Å². The van der Waals surface area contributed by atoms with E-state index >= 15 is 0 Å². The molecule has 0 aliphatic carbocycles. The molecule has 4 rings (SSSR count). The van der Waals surface area contributed by atoms with Gasteiger partial charge in [-0.05, 0) is 25.7 Å². The number of aryl methyl sites for hydroxylation is 2. The molecule has 0 aromatic carbocycles. The van der Waals surface area contributed by atoms with Crippen LogP contribution in [0.4, 0.5) is 0 Å². The largest absolute Gasteiger partial charge is 0.379 e. The lowest BCUT2D eigenvalue weighted by atomic mass is 9.99. The molecule has 1 aromatic rings. The number of rotatable bonds is 3. The van der Waals surface area contributed by atoms with Crippen molar-refractivity contribution in [2.45, 2.75) is 38.8 Å². The van der Waals surface area contributed by atoms with Gasteiger partial charge in [0.1, 0.15) is 11.6 Å². The Kier molecular flexibility index (Phi) is 7.32. The number of fused-ring (bicyclic) bond motifs is 1. The molecule has 8 nitrogen and oxygen atoms in total. The monoisotopic (exact) mass is 489 g/mol. The predicted molar refractivity (Wildman–Crippen MR) is 116 cm³/mol. The summed E-state index contributed by atoms with van der Waals surface area (Å²) in [6.45, 7) is 10.0.